The Hall–Kier alpha value is -3.26. The van der Waals surface area contributed by atoms with Crippen molar-refractivity contribution in [3.63, 3.8) is 0 Å². The molecule has 8 nitrogen and oxygen atoms in total. The number of nitrogens with one attached hydrogen (secondary N) is 1. The van der Waals surface area contributed by atoms with Crippen LogP contribution in [0.1, 0.15) is 29.0 Å². The Bertz CT molecular complexity index is 1240. The average Bonchev–Trinajstić information content (AvgIpc) is 3.44. The van der Waals surface area contributed by atoms with Gasteiger partial charge in [-0.25, -0.2) is 4.98 Å². The lowest BCUT2D eigenvalue weighted by Crippen LogP contribution is -2.49. The highest BCUT2D eigenvalue weighted by atomic mass is 16.5. The summed E-state index contributed by atoms with van der Waals surface area (Å²) in [5, 5.41) is 8.20. The Kier molecular flexibility index (Phi) is 3.52. The molecule has 1 N–H and O–H groups in total. The van der Waals surface area contributed by atoms with Crippen LogP contribution in [0.25, 0.3) is 27.7 Å². The van der Waals surface area contributed by atoms with E-state index in [0.29, 0.717) is 18.9 Å². The normalized spacial score (nSPS) is 21.3. The first kappa shape index (κ1) is 16.7. The van der Waals surface area contributed by atoms with E-state index in [9.17, 15) is 4.79 Å². The van der Waals surface area contributed by atoms with Crippen LogP contribution in [0.4, 0.5) is 0 Å². The van der Waals surface area contributed by atoms with Crippen LogP contribution in [-0.2, 0) is 4.74 Å². The predicted molar refractivity (Wildman–Crippen MR) is 107 cm³/mol. The monoisotopic (exact) mass is 388 g/mol. The van der Waals surface area contributed by atoms with E-state index >= 15 is 0 Å². The number of imidazole rings is 1. The largest absolute Gasteiger partial charge is 0.377 e. The van der Waals surface area contributed by atoms with Crippen LogP contribution in [0.5, 0.6) is 0 Å². The summed E-state index contributed by atoms with van der Waals surface area (Å²) in [6, 6.07) is 4.28. The summed E-state index contributed by atoms with van der Waals surface area (Å²) in [6.45, 7) is 3.20. The van der Waals surface area contributed by atoms with E-state index in [2.05, 4.69) is 20.2 Å². The molecule has 2 unspecified atom stereocenters. The molecule has 2 saturated heterocycles. The zero-order valence-corrected chi connectivity index (χ0v) is 16.0. The van der Waals surface area contributed by atoms with Gasteiger partial charge in [0.1, 0.15) is 11.3 Å². The van der Waals surface area contributed by atoms with Crippen LogP contribution in [0.3, 0.4) is 0 Å². The summed E-state index contributed by atoms with van der Waals surface area (Å²) in [5.41, 5.74) is 5.11. The van der Waals surface area contributed by atoms with Crippen LogP contribution < -0.4 is 0 Å². The summed E-state index contributed by atoms with van der Waals surface area (Å²) < 4.78 is 7.52. The molecule has 2 fully saturated rings. The molecule has 0 aromatic carbocycles. The highest BCUT2D eigenvalue weighted by molar-refractivity contribution is 5.96. The molecule has 2 aliphatic rings. The third kappa shape index (κ3) is 2.42. The first-order valence-electron chi connectivity index (χ1n) is 9.87. The van der Waals surface area contributed by atoms with Crippen molar-refractivity contribution in [3.8, 4) is 11.1 Å². The van der Waals surface area contributed by atoms with Gasteiger partial charge in [0.2, 0.25) is 0 Å². The minimum atomic E-state index is 0.0286. The SMILES string of the molecule is Cc1ncc(-c2ccc3ncc(C(=O)N4C5CCC4COC5)n3c2)c2cn[nH]c12. The van der Waals surface area contributed by atoms with E-state index in [1.807, 2.05) is 46.9 Å². The number of aromatic nitrogens is 5. The topological polar surface area (TPSA) is 88.4 Å². The highest BCUT2D eigenvalue weighted by Gasteiger charge is 2.41. The predicted octanol–water partition coefficient (Wildman–Crippen LogP) is 2.58. The third-order valence-corrected chi connectivity index (χ3v) is 6.19. The molecular formula is C21H20N6O2. The standard InChI is InChI=1S/C21H20N6O2/c1-12-20-17(7-24-25-20)16(6-22-12)13-2-5-19-23-8-18(26(19)9-13)21(28)27-14-3-4-15(27)11-29-10-14/h2,5-9,14-15H,3-4,10-11H2,1H3,(H,24,25). The second-order valence-electron chi connectivity index (χ2n) is 7.84. The maximum absolute atomic E-state index is 13.4. The van der Waals surface area contributed by atoms with Crippen LogP contribution in [0, 0.1) is 6.92 Å². The molecule has 6 heterocycles. The number of H-pyrrole nitrogens is 1. The summed E-state index contributed by atoms with van der Waals surface area (Å²) in [6.07, 6.45) is 9.33. The Morgan fingerprint density at radius 1 is 1.14 bits per heavy atom. The van der Waals surface area contributed by atoms with Gasteiger partial charge in [-0.15, -0.1) is 0 Å². The minimum absolute atomic E-state index is 0.0286. The van der Waals surface area contributed by atoms with E-state index in [4.69, 9.17) is 4.74 Å². The number of hydrogen-bond donors (Lipinski definition) is 1. The number of fused-ring (bicyclic) bond motifs is 4. The van der Waals surface area contributed by atoms with Gasteiger partial charge < -0.3 is 9.64 Å². The molecule has 0 spiro atoms. The van der Waals surface area contributed by atoms with E-state index in [1.165, 1.54) is 0 Å². The van der Waals surface area contributed by atoms with Crippen molar-refractivity contribution < 1.29 is 9.53 Å². The number of ether oxygens (including phenoxy) is 1. The summed E-state index contributed by atoms with van der Waals surface area (Å²) in [4.78, 5) is 24.3. The van der Waals surface area contributed by atoms with Crippen LogP contribution >= 0.6 is 0 Å². The maximum atomic E-state index is 13.4. The lowest BCUT2D eigenvalue weighted by Gasteiger charge is -2.34. The van der Waals surface area contributed by atoms with Gasteiger partial charge in [0, 0.05) is 28.9 Å². The number of morpholine rings is 1. The zero-order chi connectivity index (χ0) is 19.5. The van der Waals surface area contributed by atoms with Crippen molar-refractivity contribution in [2.45, 2.75) is 31.8 Å². The van der Waals surface area contributed by atoms with E-state index in [-0.39, 0.29) is 18.0 Å². The highest BCUT2D eigenvalue weighted by Crippen LogP contribution is 2.32. The van der Waals surface area contributed by atoms with Gasteiger partial charge in [-0.05, 0) is 31.9 Å². The molecule has 29 heavy (non-hydrogen) atoms. The van der Waals surface area contributed by atoms with Crippen LogP contribution in [0.2, 0.25) is 0 Å². The average molecular weight is 388 g/mol. The third-order valence-electron chi connectivity index (χ3n) is 6.19. The zero-order valence-electron chi connectivity index (χ0n) is 16.0. The lowest BCUT2D eigenvalue weighted by atomic mass is 10.1. The number of hydrogen-bond acceptors (Lipinski definition) is 5. The molecule has 146 valence electrons. The number of carbonyl (C=O) groups is 1. The first-order chi connectivity index (χ1) is 14.2. The van der Waals surface area contributed by atoms with Crippen molar-refractivity contribution in [1.29, 1.82) is 0 Å². The second-order valence-corrected chi connectivity index (χ2v) is 7.84. The summed E-state index contributed by atoms with van der Waals surface area (Å²) >= 11 is 0. The molecule has 2 aliphatic heterocycles. The molecule has 0 saturated carbocycles. The van der Waals surface area contributed by atoms with Crippen molar-refractivity contribution in [2.75, 3.05) is 13.2 Å². The fourth-order valence-corrected chi connectivity index (χ4v) is 4.68. The fraction of sp³-hybridized carbons (Fsp3) is 0.333. The van der Waals surface area contributed by atoms with Crippen molar-refractivity contribution in [3.05, 3.63) is 48.3 Å². The minimum Gasteiger partial charge on any atom is -0.377 e. The maximum Gasteiger partial charge on any atom is 0.273 e. The number of rotatable bonds is 2. The van der Waals surface area contributed by atoms with Gasteiger partial charge in [-0.1, -0.05) is 0 Å². The first-order valence-corrected chi connectivity index (χ1v) is 9.87. The van der Waals surface area contributed by atoms with Crippen LogP contribution in [0.15, 0.2) is 36.9 Å². The molecule has 2 atom stereocenters. The number of amides is 1. The van der Waals surface area contributed by atoms with Crippen LogP contribution in [-0.4, -0.2) is 60.7 Å². The lowest BCUT2D eigenvalue weighted by molar-refractivity contribution is -0.00751. The van der Waals surface area contributed by atoms with Gasteiger partial charge in [0.05, 0.1) is 48.9 Å². The van der Waals surface area contributed by atoms with Crippen molar-refractivity contribution in [2.24, 2.45) is 0 Å². The molecule has 8 heteroatoms. The number of carbonyl (C=O) groups excluding carboxylic acids is 1. The molecule has 4 aromatic heterocycles. The Balaban J connectivity index is 1.46. The van der Waals surface area contributed by atoms with Gasteiger partial charge >= 0.3 is 0 Å². The molecule has 4 aromatic rings. The number of aromatic amines is 1. The van der Waals surface area contributed by atoms with Gasteiger partial charge in [-0.2, -0.15) is 5.10 Å². The van der Waals surface area contributed by atoms with E-state index in [1.54, 1.807) is 6.20 Å². The van der Waals surface area contributed by atoms with Gasteiger partial charge in [0.25, 0.3) is 5.91 Å². The van der Waals surface area contributed by atoms with E-state index in [0.717, 1.165) is 46.2 Å². The smallest absolute Gasteiger partial charge is 0.273 e. The Morgan fingerprint density at radius 3 is 2.79 bits per heavy atom. The number of pyridine rings is 2. The fourth-order valence-electron chi connectivity index (χ4n) is 4.68. The second kappa shape index (κ2) is 6.12. The quantitative estimate of drug-likeness (QED) is 0.570. The molecule has 0 radical (unpaired) electrons. The van der Waals surface area contributed by atoms with Gasteiger partial charge in [0.15, 0.2) is 0 Å². The summed E-state index contributed by atoms with van der Waals surface area (Å²) in [7, 11) is 0. The van der Waals surface area contributed by atoms with Crippen molar-refractivity contribution >= 4 is 22.5 Å². The Labute approximate surface area is 166 Å². The molecule has 0 aliphatic carbocycles. The van der Waals surface area contributed by atoms with Gasteiger partial charge in [-0.3, -0.25) is 19.3 Å². The number of aryl methyl sites for hydroxylation is 1. The Morgan fingerprint density at radius 2 is 1.97 bits per heavy atom. The number of nitrogens with zero attached hydrogens (tertiary/aromatic N) is 5. The van der Waals surface area contributed by atoms with E-state index < -0.39 is 0 Å². The molecule has 2 bridgehead atoms. The summed E-state index contributed by atoms with van der Waals surface area (Å²) in [5.74, 6) is 0.0286. The molecular weight excluding hydrogens is 368 g/mol. The molecule has 1 amide bonds. The van der Waals surface area contributed by atoms with Crippen molar-refractivity contribution in [1.82, 2.24) is 29.5 Å². The molecule has 6 rings (SSSR count).